The van der Waals surface area contributed by atoms with E-state index in [2.05, 4.69) is 23.5 Å². The molecule has 3 atom stereocenters. The van der Waals surface area contributed by atoms with Crippen LogP contribution in [0.1, 0.15) is 29.5 Å². The zero-order valence-corrected chi connectivity index (χ0v) is 12.1. The van der Waals surface area contributed by atoms with Gasteiger partial charge in [-0.2, -0.15) is 0 Å². The van der Waals surface area contributed by atoms with Crippen LogP contribution in [0.25, 0.3) is 0 Å². The monoisotopic (exact) mass is 299 g/mol. The molecule has 1 nitrogen and oxygen atoms in total. The third-order valence-electron chi connectivity index (χ3n) is 4.55. The van der Waals surface area contributed by atoms with Crippen LogP contribution in [-0.2, 0) is 0 Å². The highest BCUT2D eigenvalue weighted by Crippen LogP contribution is 2.51. The van der Waals surface area contributed by atoms with Crippen molar-refractivity contribution >= 4 is 17.3 Å². The van der Waals surface area contributed by atoms with Gasteiger partial charge < -0.3 is 5.32 Å². The summed E-state index contributed by atoms with van der Waals surface area (Å²) in [6.45, 7) is 0. The van der Waals surface area contributed by atoms with Crippen LogP contribution in [0.4, 0.5) is 10.1 Å². The van der Waals surface area contributed by atoms with Crippen LogP contribution in [-0.4, -0.2) is 0 Å². The first-order valence-corrected chi connectivity index (χ1v) is 7.59. The minimum atomic E-state index is -0.193. The molecule has 1 aliphatic carbocycles. The summed E-state index contributed by atoms with van der Waals surface area (Å²) < 4.78 is 13.6. The van der Waals surface area contributed by atoms with E-state index in [-0.39, 0.29) is 11.9 Å². The summed E-state index contributed by atoms with van der Waals surface area (Å²) in [5, 5.41) is 4.27. The molecule has 0 amide bonds. The Morgan fingerprint density at radius 1 is 1.14 bits per heavy atom. The van der Waals surface area contributed by atoms with E-state index >= 15 is 0 Å². The first-order chi connectivity index (χ1) is 10.2. The molecule has 0 unspecified atom stereocenters. The van der Waals surface area contributed by atoms with Gasteiger partial charge in [-0.3, -0.25) is 0 Å². The van der Waals surface area contributed by atoms with Gasteiger partial charge in [0.05, 0.1) is 16.8 Å². The summed E-state index contributed by atoms with van der Waals surface area (Å²) in [5.41, 5.74) is 3.22. The average molecular weight is 300 g/mol. The number of hydrogen-bond donors (Lipinski definition) is 1. The van der Waals surface area contributed by atoms with Gasteiger partial charge in [-0.25, -0.2) is 4.39 Å². The standard InChI is InChI=1S/C18H15ClFN/c19-16-9-3-8-15-13-6-2-7-14(13)17(21-18(15)16)11-4-1-5-12(20)10-11/h1-6,8-10,13-14,17,21H,7H2/t13-,14+,17+/m1/s1. The lowest BCUT2D eigenvalue weighted by molar-refractivity contribution is 0.424. The zero-order chi connectivity index (χ0) is 14.4. The van der Waals surface area contributed by atoms with Gasteiger partial charge in [-0.1, -0.05) is 48.0 Å². The van der Waals surface area contributed by atoms with Gasteiger partial charge in [-0.15, -0.1) is 0 Å². The van der Waals surface area contributed by atoms with Crippen molar-refractivity contribution in [2.45, 2.75) is 18.4 Å². The molecule has 1 N–H and O–H groups in total. The smallest absolute Gasteiger partial charge is 0.123 e. The van der Waals surface area contributed by atoms with Crippen LogP contribution in [0.2, 0.25) is 5.02 Å². The van der Waals surface area contributed by atoms with Gasteiger partial charge in [0.1, 0.15) is 5.82 Å². The molecule has 0 aromatic heterocycles. The lowest BCUT2D eigenvalue weighted by Gasteiger charge is -2.38. The number of allylic oxidation sites excluding steroid dienone is 2. The first-order valence-electron chi connectivity index (χ1n) is 7.21. The van der Waals surface area contributed by atoms with E-state index in [0.717, 1.165) is 22.7 Å². The summed E-state index contributed by atoms with van der Waals surface area (Å²) in [6.07, 6.45) is 5.48. The van der Waals surface area contributed by atoms with Gasteiger partial charge in [0, 0.05) is 5.92 Å². The van der Waals surface area contributed by atoms with Gasteiger partial charge in [0.2, 0.25) is 0 Å². The fraction of sp³-hybridized carbons (Fsp3) is 0.222. The molecule has 21 heavy (non-hydrogen) atoms. The Morgan fingerprint density at radius 3 is 2.86 bits per heavy atom. The Kier molecular flexibility index (Phi) is 3.00. The summed E-state index contributed by atoms with van der Waals surface area (Å²) in [4.78, 5) is 0. The van der Waals surface area contributed by atoms with Crippen molar-refractivity contribution in [3.8, 4) is 0 Å². The fourth-order valence-corrected chi connectivity index (χ4v) is 3.85. The highest BCUT2D eigenvalue weighted by atomic mass is 35.5. The SMILES string of the molecule is Fc1cccc([C@@H]2Nc3c(Cl)cccc3[C@@H]3C=CC[C@@H]32)c1. The average Bonchev–Trinajstić information content (AvgIpc) is 2.96. The van der Waals surface area contributed by atoms with Crippen LogP contribution < -0.4 is 5.32 Å². The summed E-state index contributed by atoms with van der Waals surface area (Å²) >= 11 is 6.36. The molecule has 3 heteroatoms. The van der Waals surface area contributed by atoms with E-state index in [1.54, 1.807) is 12.1 Å². The van der Waals surface area contributed by atoms with E-state index in [9.17, 15) is 4.39 Å². The Labute approximate surface area is 128 Å². The number of fused-ring (bicyclic) bond motifs is 3. The minimum Gasteiger partial charge on any atom is -0.376 e. The molecular formula is C18H15ClFN. The van der Waals surface area contributed by atoms with E-state index in [1.165, 1.54) is 11.6 Å². The molecule has 0 saturated heterocycles. The molecular weight excluding hydrogens is 285 g/mol. The molecule has 0 fully saturated rings. The summed E-state index contributed by atoms with van der Waals surface area (Å²) in [7, 11) is 0. The molecule has 2 aromatic carbocycles. The summed E-state index contributed by atoms with van der Waals surface area (Å²) in [5.74, 6) is 0.577. The number of benzene rings is 2. The predicted octanol–water partition coefficient (Wildman–Crippen LogP) is 5.31. The molecule has 4 rings (SSSR count). The Morgan fingerprint density at radius 2 is 2.00 bits per heavy atom. The second-order valence-corrected chi connectivity index (χ2v) is 6.14. The van der Waals surface area contributed by atoms with Crippen molar-refractivity contribution in [1.29, 1.82) is 0 Å². The quantitative estimate of drug-likeness (QED) is 0.704. The lowest BCUT2D eigenvalue weighted by atomic mass is 9.77. The summed E-state index contributed by atoms with van der Waals surface area (Å²) in [6, 6.07) is 13.0. The minimum absolute atomic E-state index is 0.0908. The highest BCUT2D eigenvalue weighted by Gasteiger charge is 2.38. The predicted molar refractivity (Wildman–Crippen MR) is 84.2 cm³/mol. The number of hydrogen-bond acceptors (Lipinski definition) is 1. The van der Waals surface area contributed by atoms with Crippen molar-refractivity contribution in [2.75, 3.05) is 5.32 Å². The normalized spacial score (nSPS) is 26.1. The van der Waals surface area contributed by atoms with Crippen molar-refractivity contribution in [2.24, 2.45) is 5.92 Å². The number of para-hydroxylation sites is 1. The number of rotatable bonds is 1. The molecule has 0 radical (unpaired) electrons. The Hall–Kier alpha value is -1.80. The number of halogens is 2. The third-order valence-corrected chi connectivity index (χ3v) is 4.87. The van der Waals surface area contributed by atoms with Gasteiger partial charge in [0.15, 0.2) is 0 Å². The maximum atomic E-state index is 13.6. The Bertz CT molecular complexity index is 725. The van der Waals surface area contributed by atoms with E-state index < -0.39 is 0 Å². The molecule has 0 saturated carbocycles. The first kappa shape index (κ1) is 12.9. The largest absolute Gasteiger partial charge is 0.376 e. The van der Waals surface area contributed by atoms with Gasteiger partial charge in [0.25, 0.3) is 0 Å². The van der Waals surface area contributed by atoms with E-state index in [0.29, 0.717) is 11.8 Å². The van der Waals surface area contributed by atoms with Crippen LogP contribution in [0.5, 0.6) is 0 Å². The maximum Gasteiger partial charge on any atom is 0.123 e. The molecule has 0 bridgehead atoms. The van der Waals surface area contributed by atoms with Crippen LogP contribution >= 0.6 is 11.6 Å². The molecule has 0 spiro atoms. The Balaban J connectivity index is 1.83. The zero-order valence-electron chi connectivity index (χ0n) is 11.4. The van der Waals surface area contributed by atoms with Crippen molar-refractivity contribution in [3.63, 3.8) is 0 Å². The molecule has 2 aliphatic rings. The second kappa shape index (κ2) is 4.88. The second-order valence-electron chi connectivity index (χ2n) is 5.73. The van der Waals surface area contributed by atoms with Crippen molar-refractivity contribution in [1.82, 2.24) is 0 Å². The molecule has 106 valence electrons. The van der Waals surface area contributed by atoms with Gasteiger partial charge in [-0.05, 0) is 41.7 Å². The topological polar surface area (TPSA) is 12.0 Å². The lowest BCUT2D eigenvalue weighted by Crippen LogP contribution is -2.29. The number of anilines is 1. The van der Waals surface area contributed by atoms with Crippen LogP contribution in [0.3, 0.4) is 0 Å². The maximum absolute atomic E-state index is 13.6. The highest BCUT2D eigenvalue weighted by molar-refractivity contribution is 6.33. The van der Waals surface area contributed by atoms with E-state index in [4.69, 9.17) is 11.6 Å². The van der Waals surface area contributed by atoms with Crippen molar-refractivity contribution in [3.05, 3.63) is 76.6 Å². The van der Waals surface area contributed by atoms with Crippen molar-refractivity contribution < 1.29 is 4.39 Å². The fourth-order valence-electron chi connectivity index (χ4n) is 3.61. The number of nitrogens with one attached hydrogen (secondary N) is 1. The molecule has 2 aromatic rings. The molecule has 1 aliphatic heterocycles. The third kappa shape index (κ3) is 2.06. The van der Waals surface area contributed by atoms with E-state index in [1.807, 2.05) is 18.2 Å². The van der Waals surface area contributed by atoms with Crippen LogP contribution in [0.15, 0.2) is 54.6 Å². The molecule has 1 heterocycles. The van der Waals surface area contributed by atoms with Crippen LogP contribution in [0, 0.1) is 11.7 Å². The van der Waals surface area contributed by atoms with Gasteiger partial charge >= 0.3 is 0 Å².